The van der Waals surface area contributed by atoms with Crippen molar-refractivity contribution in [3.8, 4) is 5.75 Å². The molecule has 0 spiro atoms. The molecule has 0 saturated carbocycles. The molecule has 0 atom stereocenters. The largest absolute Gasteiger partial charge is 0.497 e. The second kappa shape index (κ2) is 12.8. The minimum Gasteiger partial charge on any atom is -0.497 e. The molecule has 0 unspecified atom stereocenters. The van der Waals surface area contributed by atoms with Crippen LogP contribution in [0.4, 0.5) is 0 Å². The molecule has 0 radical (unpaired) electrons. The van der Waals surface area contributed by atoms with Crippen LogP contribution in [-0.4, -0.2) is 31.2 Å². The Morgan fingerprint density at radius 1 is 0.788 bits per heavy atom. The van der Waals surface area contributed by atoms with Gasteiger partial charge in [-0.05, 0) is 55.2 Å². The van der Waals surface area contributed by atoms with Crippen molar-refractivity contribution in [2.45, 2.75) is 75.5 Å². The third-order valence-corrected chi connectivity index (χ3v) is 7.92. The molecule has 5 nitrogen and oxygen atoms in total. The zero-order valence-electron chi connectivity index (χ0n) is 19.7. The molecule has 0 bridgehead atoms. The number of fused-ring (bicyclic) bond motifs is 1. The Labute approximate surface area is 198 Å². The monoisotopic (exact) mass is 471 g/mol. The maximum atomic E-state index is 13.3. The van der Waals surface area contributed by atoms with E-state index in [4.69, 9.17) is 9.84 Å². The average Bonchev–Trinajstić information content (AvgIpc) is 3.22. The first-order valence-corrected chi connectivity index (χ1v) is 13.6. The Morgan fingerprint density at radius 2 is 1.36 bits per heavy atom. The van der Waals surface area contributed by atoms with Crippen LogP contribution >= 0.6 is 0 Å². The lowest BCUT2D eigenvalue weighted by Crippen LogP contribution is -2.11. The lowest BCUT2D eigenvalue weighted by molar-refractivity contribution is 0.282. The fourth-order valence-corrected chi connectivity index (χ4v) is 5.71. The maximum Gasteiger partial charge on any atom is 0.268 e. The van der Waals surface area contributed by atoms with Gasteiger partial charge in [0.2, 0.25) is 0 Å². The third-order valence-electron chi connectivity index (χ3n) is 6.23. The Bertz CT molecular complexity index is 1090. The number of rotatable bonds is 15. The fourth-order valence-electron chi connectivity index (χ4n) is 4.32. The molecular formula is C27H37NO4S. The molecule has 0 aliphatic heterocycles. The Balaban J connectivity index is 1.57. The maximum absolute atomic E-state index is 13.3. The van der Waals surface area contributed by atoms with Crippen molar-refractivity contribution in [1.29, 1.82) is 0 Å². The molecule has 0 saturated heterocycles. The van der Waals surface area contributed by atoms with Crippen molar-refractivity contribution in [1.82, 2.24) is 3.97 Å². The van der Waals surface area contributed by atoms with Gasteiger partial charge in [-0.2, -0.15) is 0 Å². The fraction of sp³-hybridized carbons (Fsp3) is 0.481. The second-order valence-corrected chi connectivity index (χ2v) is 10.5. The van der Waals surface area contributed by atoms with Gasteiger partial charge in [0, 0.05) is 18.2 Å². The number of hydrogen-bond donors (Lipinski definition) is 1. The molecule has 0 aliphatic rings. The number of benzene rings is 2. The molecule has 0 fully saturated rings. The van der Waals surface area contributed by atoms with Crippen LogP contribution in [0.1, 0.15) is 69.8 Å². The van der Waals surface area contributed by atoms with Gasteiger partial charge in [-0.15, -0.1) is 0 Å². The highest BCUT2D eigenvalue weighted by atomic mass is 32.2. The summed E-state index contributed by atoms with van der Waals surface area (Å²) in [6.07, 6.45) is 14.5. The highest BCUT2D eigenvalue weighted by Crippen LogP contribution is 2.28. The van der Waals surface area contributed by atoms with E-state index in [0.717, 1.165) is 48.6 Å². The molecule has 3 rings (SSSR count). The normalized spacial score (nSPS) is 11.8. The van der Waals surface area contributed by atoms with Crippen LogP contribution in [0.15, 0.2) is 59.6 Å². The van der Waals surface area contributed by atoms with Gasteiger partial charge in [0.15, 0.2) is 0 Å². The van der Waals surface area contributed by atoms with Crippen molar-refractivity contribution < 1.29 is 18.3 Å². The van der Waals surface area contributed by atoms with Gasteiger partial charge in [0.25, 0.3) is 10.0 Å². The standard InChI is InChI=1S/C27H37NO4S/c1-32-24-17-19-25(20-18-24)33(30,31)28-22-23(26-15-11-12-16-27(26)28)14-10-8-6-4-2-3-5-7-9-13-21-29/h11-12,15-20,22,29H,2-10,13-14,21H2,1H3. The topological polar surface area (TPSA) is 68.5 Å². The van der Waals surface area contributed by atoms with E-state index in [1.807, 2.05) is 24.3 Å². The number of aliphatic hydroxyl groups excluding tert-OH is 1. The van der Waals surface area contributed by atoms with Crippen molar-refractivity contribution in [3.05, 3.63) is 60.3 Å². The number of hydrogen-bond acceptors (Lipinski definition) is 4. The summed E-state index contributed by atoms with van der Waals surface area (Å²) in [6.45, 7) is 0.312. The van der Waals surface area contributed by atoms with Crippen LogP contribution in [-0.2, 0) is 16.4 Å². The summed E-state index contributed by atoms with van der Waals surface area (Å²) in [5.41, 5.74) is 1.82. The van der Waals surface area contributed by atoms with Crippen LogP contribution in [0.25, 0.3) is 10.9 Å². The smallest absolute Gasteiger partial charge is 0.268 e. The van der Waals surface area contributed by atoms with Gasteiger partial charge in [-0.3, -0.25) is 0 Å². The summed E-state index contributed by atoms with van der Waals surface area (Å²) in [5.74, 6) is 0.633. The molecule has 1 heterocycles. The van der Waals surface area contributed by atoms with E-state index in [0.29, 0.717) is 12.4 Å². The molecule has 1 aromatic heterocycles. The van der Waals surface area contributed by atoms with E-state index >= 15 is 0 Å². The molecule has 6 heteroatoms. The summed E-state index contributed by atoms with van der Waals surface area (Å²) in [6, 6.07) is 14.3. The number of aromatic nitrogens is 1. The number of unbranched alkanes of at least 4 members (excludes halogenated alkanes) is 9. The van der Waals surface area contributed by atoms with Crippen LogP contribution < -0.4 is 4.74 Å². The lowest BCUT2D eigenvalue weighted by Gasteiger charge is -2.08. The van der Waals surface area contributed by atoms with Gasteiger partial charge in [0.05, 0.1) is 17.5 Å². The highest BCUT2D eigenvalue weighted by Gasteiger charge is 2.21. The van der Waals surface area contributed by atoms with E-state index in [9.17, 15) is 8.42 Å². The lowest BCUT2D eigenvalue weighted by atomic mass is 10.0. The number of para-hydroxylation sites is 1. The van der Waals surface area contributed by atoms with Crippen LogP contribution in [0.5, 0.6) is 5.75 Å². The molecule has 3 aromatic rings. The van der Waals surface area contributed by atoms with E-state index in [1.165, 1.54) is 42.5 Å². The molecule has 33 heavy (non-hydrogen) atoms. The predicted molar refractivity (Wildman–Crippen MR) is 134 cm³/mol. The molecular weight excluding hydrogens is 434 g/mol. The highest BCUT2D eigenvalue weighted by molar-refractivity contribution is 7.90. The minimum absolute atomic E-state index is 0.256. The van der Waals surface area contributed by atoms with Gasteiger partial charge in [-0.25, -0.2) is 12.4 Å². The van der Waals surface area contributed by atoms with Crippen LogP contribution in [0, 0.1) is 0 Å². The van der Waals surface area contributed by atoms with E-state index in [2.05, 4.69) is 0 Å². The molecule has 180 valence electrons. The van der Waals surface area contributed by atoms with Crippen molar-refractivity contribution in [2.75, 3.05) is 13.7 Å². The number of aliphatic hydroxyl groups is 1. The van der Waals surface area contributed by atoms with Gasteiger partial charge >= 0.3 is 0 Å². The summed E-state index contributed by atoms with van der Waals surface area (Å²) in [4.78, 5) is 0.256. The summed E-state index contributed by atoms with van der Waals surface area (Å²) >= 11 is 0. The van der Waals surface area contributed by atoms with Crippen molar-refractivity contribution in [3.63, 3.8) is 0 Å². The van der Waals surface area contributed by atoms with E-state index < -0.39 is 10.0 Å². The van der Waals surface area contributed by atoms with Gasteiger partial charge in [0.1, 0.15) is 5.75 Å². The summed E-state index contributed by atoms with van der Waals surface area (Å²) < 4.78 is 33.2. The predicted octanol–water partition coefficient (Wildman–Crippen LogP) is 6.32. The number of nitrogens with zero attached hydrogens (tertiary/aromatic N) is 1. The van der Waals surface area contributed by atoms with Crippen LogP contribution in [0.3, 0.4) is 0 Å². The Hall–Kier alpha value is -2.31. The zero-order valence-corrected chi connectivity index (χ0v) is 20.5. The first kappa shape index (κ1) is 25.3. The number of ether oxygens (including phenoxy) is 1. The molecule has 0 aliphatic carbocycles. The third kappa shape index (κ3) is 6.84. The number of aryl methyl sites for hydroxylation is 1. The molecule has 2 aromatic carbocycles. The molecule has 0 amide bonds. The first-order valence-electron chi connectivity index (χ1n) is 12.2. The van der Waals surface area contributed by atoms with Crippen molar-refractivity contribution >= 4 is 20.9 Å². The summed E-state index contributed by atoms with van der Waals surface area (Å²) in [7, 11) is -2.11. The second-order valence-electron chi connectivity index (χ2n) is 8.66. The van der Waals surface area contributed by atoms with Crippen molar-refractivity contribution in [2.24, 2.45) is 0 Å². The Kier molecular flexibility index (Phi) is 9.82. The van der Waals surface area contributed by atoms with Gasteiger partial charge in [-0.1, -0.05) is 69.6 Å². The zero-order chi connectivity index (χ0) is 23.5. The number of methoxy groups -OCH3 is 1. The summed E-state index contributed by atoms with van der Waals surface area (Å²) in [5, 5.41) is 9.82. The quantitative estimate of drug-likeness (QED) is 0.263. The Morgan fingerprint density at radius 3 is 1.97 bits per heavy atom. The first-order chi connectivity index (χ1) is 16.1. The average molecular weight is 472 g/mol. The minimum atomic E-state index is -3.68. The van der Waals surface area contributed by atoms with Gasteiger partial charge < -0.3 is 9.84 Å². The molecule has 1 N–H and O–H groups in total. The van der Waals surface area contributed by atoms with E-state index in [1.54, 1.807) is 37.6 Å². The SMILES string of the molecule is COc1ccc(S(=O)(=O)n2cc(CCCCCCCCCCCCO)c3ccccc32)cc1. The van der Waals surface area contributed by atoms with E-state index in [-0.39, 0.29) is 4.90 Å². The van der Waals surface area contributed by atoms with Crippen LogP contribution in [0.2, 0.25) is 0 Å².